The van der Waals surface area contributed by atoms with E-state index in [0.717, 1.165) is 40.7 Å². The number of benzene rings is 3. The third-order valence-corrected chi connectivity index (χ3v) is 11.1. The normalized spacial score (nSPS) is 18.1. The van der Waals surface area contributed by atoms with Gasteiger partial charge in [0, 0.05) is 15.9 Å². The minimum Gasteiger partial charge on any atom is -0.212 e. The lowest BCUT2D eigenvalue weighted by Gasteiger charge is -2.39. The van der Waals surface area contributed by atoms with Crippen molar-refractivity contribution >= 4 is 31.2 Å². The van der Waals surface area contributed by atoms with Gasteiger partial charge in [-0.1, -0.05) is 65.8 Å². The van der Waals surface area contributed by atoms with Crippen LogP contribution in [0.25, 0.3) is 10.8 Å². The largest absolute Gasteiger partial charge is 0.306 e. The summed E-state index contributed by atoms with van der Waals surface area (Å²) >= 11 is 0. The summed E-state index contributed by atoms with van der Waals surface area (Å²) in [6.45, 7) is 2.10. The zero-order valence-electron chi connectivity index (χ0n) is 15.4. The molecule has 0 saturated heterocycles. The molecule has 0 spiro atoms. The third-order valence-electron chi connectivity index (χ3n) is 4.93. The highest BCUT2D eigenvalue weighted by Gasteiger charge is 2.46. The van der Waals surface area contributed by atoms with Crippen molar-refractivity contribution in [3.63, 3.8) is 0 Å². The second kappa shape index (κ2) is 7.30. The van der Waals surface area contributed by atoms with Crippen molar-refractivity contribution in [3.8, 4) is 0 Å². The molecule has 3 aromatic carbocycles. The smallest absolute Gasteiger partial charge is 0.212 e. The number of rotatable bonds is 7. The van der Waals surface area contributed by atoms with Gasteiger partial charge in [-0.15, -0.1) is 0 Å². The van der Waals surface area contributed by atoms with Gasteiger partial charge in [-0.25, -0.2) is 3.63 Å². The summed E-state index contributed by atoms with van der Waals surface area (Å²) in [6, 6.07) is 23.0. The standard InChI is InChI=1S/C22H24O3S2/c1-2-16-26(21-14-15-21,20-10-4-3-5-11-20)25-27(23,24)22-13-12-18-8-6-7-9-19(18)17-22/h3-13,17,21H,2,14-16H2,1H3. The molecule has 1 aliphatic carbocycles. The molecule has 3 nitrogen and oxygen atoms in total. The quantitative estimate of drug-likeness (QED) is 0.496. The zero-order chi connectivity index (χ0) is 18.9. The van der Waals surface area contributed by atoms with Crippen molar-refractivity contribution < 1.29 is 12.0 Å². The van der Waals surface area contributed by atoms with Crippen LogP contribution < -0.4 is 0 Å². The van der Waals surface area contributed by atoms with Gasteiger partial charge in [0.15, 0.2) is 0 Å². The van der Waals surface area contributed by atoms with Gasteiger partial charge in [-0.3, -0.25) is 0 Å². The highest BCUT2D eigenvalue weighted by Crippen LogP contribution is 2.69. The molecule has 142 valence electrons. The molecule has 0 radical (unpaired) electrons. The fourth-order valence-corrected chi connectivity index (χ4v) is 9.74. The lowest BCUT2D eigenvalue weighted by atomic mass is 10.1. The van der Waals surface area contributed by atoms with E-state index in [-0.39, 0.29) is 4.90 Å². The van der Waals surface area contributed by atoms with E-state index in [4.69, 9.17) is 3.63 Å². The van der Waals surface area contributed by atoms with Crippen LogP contribution >= 0.6 is 10.3 Å². The Balaban J connectivity index is 1.77. The van der Waals surface area contributed by atoms with Crippen molar-refractivity contribution in [1.82, 2.24) is 0 Å². The van der Waals surface area contributed by atoms with Gasteiger partial charge >= 0.3 is 10.1 Å². The SMILES string of the molecule is CCCS(OS(=O)(=O)c1ccc2ccccc2c1)(c1ccccc1)C1CC1. The van der Waals surface area contributed by atoms with E-state index < -0.39 is 20.4 Å². The predicted molar refractivity (Wildman–Crippen MR) is 113 cm³/mol. The van der Waals surface area contributed by atoms with Crippen molar-refractivity contribution in [2.24, 2.45) is 0 Å². The van der Waals surface area contributed by atoms with Crippen LogP contribution in [0.5, 0.6) is 0 Å². The minimum absolute atomic E-state index is 0.241. The van der Waals surface area contributed by atoms with E-state index in [1.807, 2.05) is 60.7 Å². The molecule has 0 aliphatic heterocycles. The van der Waals surface area contributed by atoms with Gasteiger partial charge in [0.2, 0.25) is 0 Å². The summed E-state index contributed by atoms with van der Waals surface area (Å²) in [5.41, 5.74) is 0. The summed E-state index contributed by atoms with van der Waals surface area (Å²) in [7, 11) is -5.73. The molecule has 5 heteroatoms. The molecule has 4 rings (SSSR count). The van der Waals surface area contributed by atoms with Crippen LogP contribution in [0.15, 0.2) is 82.6 Å². The fourth-order valence-electron chi connectivity index (χ4n) is 3.53. The number of hydrogen-bond donors (Lipinski definition) is 0. The molecule has 0 heterocycles. The average molecular weight is 401 g/mol. The highest BCUT2D eigenvalue weighted by atomic mass is 32.3. The Bertz CT molecular complexity index is 1040. The van der Waals surface area contributed by atoms with E-state index in [2.05, 4.69) is 6.92 Å². The third kappa shape index (κ3) is 3.64. The van der Waals surface area contributed by atoms with Gasteiger partial charge < -0.3 is 0 Å². The maximum atomic E-state index is 13.3. The molecule has 3 aromatic rings. The number of hydrogen-bond acceptors (Lipinski definition) is 3. The Kier molecular flexibility index (Phi) is 5.01. The first-order valence-electron chi connectivity index (χ1n) is 9.35. The highest BCUT2D eigenvalue weighted by molar-refractivity contribution is 8.33. The van der Waals surface area contributed by atoms with Crippen LogP contribution in [0.4, 0.5) is 0 Å². The fraction of sp³-hybridized carbons (Fsp3) is 0.273. The molecule has 27 heavy (non-hydrogen) atoms. The Hall–Kier alpha value is -1.82. The Morgan fingerprint density at radius 1 is 0.852 bits per heavy atom. The molecule has 0 amide bonds. The van der Waals surface area contributed by atoms with Crippen LogP contribution in [-0.2, 0) is 13.7 Å². The van der Waals surface area contributed by atoms with Crippen LogP contribution in [0.1, 0.15) is 26.2 Å². The lowest BCUT2D eigenvalue weighted by molar-refractivity contribution is 0.507. The van der Waals surface area contributed by atoms with E-state index >= 15 is 0 Å². The summed E-state index contributed by atoms with van der Waals surface area (Å²) in [6.07, 6.45) is 2.98. The van der Waals surface area contributed by atoms with Gasteiger partial charge in [-0.05, 0) is 54.3 Å². The van der Waals surface area contributed by atoms with E-state index in [1.54, 1.807) is 12.1 Å². The molecule has 1 unspecified atom stereocenters. The minimum atomic E-state index is -3.85. The topological polar surface area (TPSA) is 43.4 Å². The maximum Gasteiger partial charge on any atom is 0.306 e. The molecule has 1 fully saturated rings. The molecule has 1 atom stereocenters. The van der Waals surface area contributed by atoms with Gasteiger partial charge in [0.1, 0.15) is 0 Å². The van der Waals surface area contributed by atoms with Gasteiger partial charge in [-0.2, -0.15) is 8.42 Å². The van der Waals surface area contributed by atoms with Gasteiger partial charge in [0.05, 0.1) is 4.90 Å². The summed E-state index contributed by atoms with van der Waals surface area (Å²) < 4.78 is 32.7. The van der Waals surface area contributed by atoms with Gasteiger partial charge in [0.25, 0.3) is 0 Å². The van der Waals surface area contributed by atoms with E-state index in [1.165, 1.54) is 0 Å². The first kappa shape index (κ1) is 18.5. The van der Waals surface area contributed by atoms with Crippen LogP contribution in [-0.4, -0.2) is 19.4 Å². The molecule has 0 N–H and O–H groups in total. The Labute approximate surface area is 163 Å². The first-order chi connectivity index (χ1) is 13.0. The summed E-state index contributed by atoms with van der Waals surface area (Å²) in [5.74, 6) is 0.772. The molecule has 1 aliphatic rings. The molecule has 0 bridgehead atoms. The molecular formula is C22H24O3S2. The van der Waals surface area contributed by atoms with Crippen molar-refractivity contribution in [3.05, 3.63) is 72.8 Å². The average Bonchev–Trinajstić information content (AvgIpc) is 3.53. The Morgan fingerprint density at radius 3 is 2.19 bits per heavy atom. The maximum absolute atomic E-state index is 13.3. The van der Waals surface area contributed by atoms with Crippen LogP contribution in [0.2, 0.25) is 0 Å². The monoisotopic (exact) mass is 400 g/mol. The zero-order valence-corrected chi connectivity index (χ0v) is 17.0. The second-order valence-corrected chi connectivity index (χ2v) is 11.9. The van der Waals surface area contributed by atoms with Crippen molar-refractivity contribution in [1.29, 1.82) is 0 Å². The summed E-state index contributed by atoms with van der Waals surface area (Å²) in [5, 5.41) is 2.26. The lowest BCUT2D eigenvalue weighted by Crippen LogP contribution is -2.19. The van der Waals surface area contributed by atoms with Crippen LogP contribution in [0.3, 0.4) is 0 Å². The predicted octanol–water partition coefficient (Wildman–Crippen LogP) is 5.90. The molecule has 0 aromatic heterocycles. The van der Waals surface area contributed by atoms with Crippen LogP contribution in [0, 0.1) is 0 Å². The Morgan fingerprint density at radius 2 is 1.52 bits per heavy atom. The molecular weight excluding hydrogens is 376 g/mol. The van der Waals surface area contributed by atoms with Crippen molar-refractivity contribution in [2.75, 3.05) is 5.75 Å². The van der Waals surface area contributed by atoms with Crippen molar-refractivity contribution in [2.45, 2.75) is 41.2 Å². The molecule has 1 saturated carbocycles. The number of fused-ring (bicyclic) bond motifs is 1. The first-order valence-corrected chi connectivity index (χ1v) is 12.5. The summed E-state index contributed by atoms with van der Waals surface area (Å²) in [4.78, 5) is 1.28. The second-order valence-electron chi connectivity index (χ2n) is 6.97. The van der Waals surface area contributed by atoms with E-state index in [0.29, 0.717) is 5.25 Å². The van der Waals surface area contributed by atoms with E-state index in [9.17, 15) is 8.42 Å².